The zero-order valence-corrected chi connectivity index (χ0v) is 13.5. The Labute approximate surface area is 126 Å². The summed E-state index contributed by atoms with van der Waals surface area (Å²) in [4.78, 5) is 23.1. The number of hydrogen-bond donors (Lipinski definition) is 1. The zero-order valence-electron chi connectivity index (χ0n) is 13.5. The summed E-state index contributed by atoms with van der Waals surface area (Å²) in [6, 6.07) is 0. The Hall–Kier alpha value is -1.47. The molecule has 21 heavy (non-hydrogen) atoms. The first-order valence-corrected chi connectivity index (χ1v) is 7.56. The number of amides is 1. The monoisotopic (exact) mass is 294 g/mol. The predicted octanol–water partition coefficient (Wildman–Crippen LogP) is 0.248. The van der Waals surface area contributed by atoms with E-state index >= 15 is 0 Å². The van der Waals surface area contributed by atoms with Crippen molar-refractivity contribution < 1.29 is 4.79 Å². The molecule has 1 aromatic rings. The van der Waals surface area contributed by atoms with Crippen LogP contribution in [0.5, 0.6) is 0 Å². The fraction of sp³-hybridized carbons (Fsp3) is 0.786. The Bertz CT molecular complexity index is 462. The van der Waals surface area contributed by atoms with Gasteiger partial charge in [-0.1, -0.05) is 13.8 Å². The number of nitrogens with zero attached hydrogens (tertiary/aromatic N) is 5. The minimum atomic E-state index is -0.0644. The molecule has 1 fully saturated rings. The lowest BCUT2D eigenvalue weighted by atomic mass is 10.2. The van der Waals surface area contributed by atoms with Crippen LogP contribution in [0.15, 0.2) is 0 Å². The van der Waals surface area contributed by atoms with Gasteiger partial charge in [-0.3, -0.25) is 14.8 Å². The minimum absolute atomic E-state index is 0.0644. The third-order valence-corrected chi connectivity index (χ3v) is 3.76. The number of aromatic amines is 1. The number of H-pyrrole nitrogens is 1. The van der Waals surface area contributed by atoms with Crippen molar-refractivity contribution in [2.75, 3.05) is 53.4 Å². The lowest BCUT2D eigenvalue weighted by molar-refractivity contribution is 0.0618. The standard InChI is InChI=1S/C14H26N6O/c1-11(2)12-15-13(17-16-12)14(21)20-9-7-19(8-10-20)6-5-18(3)4/h11H,5-10H2,1-4H3,(H,15,16,17). The van der Waals surface area contributed by atoms with E-state index in [0.717, 1.165) is 45.1 Å². The van der Waals surface area contributed by atoms with Crippen LogP contribution in [0, 0.1) is 0 Å². The van der Waals surface area contributed by atoms with E-state index in [-0.39, 0.29) is 11.8 Å². The Morgan fingerprint density at radius 3 is 2.48 bits per heavy atom. The van der Waals surface area contributed by atoms with Gasteiger partial charge >= 0.3 is 0 Å². The van der Waals surface area contributed by atoms with E-state index in [2.05, 4.69) is 39.1 Å². The highest BCUT2D eigenvalue weighted by Crippen LogP contribution is 2.10. The first-order chi connectivity index (χ1) is 9.97. The number of nitrogens with one attached hydrogen (secondary N) is 1. The molecule has 7 heteroatoms. The number of aromatic nitrogens is 3. The summed E-state index contributed by atoms with van der Waals surface area (Å²) in [5.74, 6) is 1.25. The van der Waals surface area contributed by atoms with Gasteiger partial charge in [0.2, 0.25) is 5.82 Å². The Morgan fingerprint density at radius 2 is 1.95 bits per heavy atom. The van der Waals surface area contributed by atoms with Crippen LogP contribution in [-0.2, 0) is 0 Å². The maximum atomic E-state index is 12.4. The van der Waals surface area contributed by atoms with E-state index in [4.69, 9.17) is 0 Å². The number of carbonyl (C=O) groups is 1. The molecule has 1 aliphatic heterocycles. The molecule has 0 spiro atoms. The summed E-state index contributed by atoms with van der Waals surface area (Å²) in [7, 11) is 4.16. The van der Waals surface area contributed by atoms with Crippen LogP contribution in [0.4, 0.5) is 0 Å². The summed E-state index contributed by atoms with van der Waals surface area (Å²) in [5, 5.41) is 6.89. The van der Waals surface area contributed by atoms with Crippen LogP contribution in [0.2, 0.25) is 0 Å². The van der Waals surface area contributed by atoms with Crippen LogP contribution in [0.3, 0.4) is 0 Å². The third kappa shape index (κ3) is 4.25. The molecule has 0 saturated carbocycles. The summed E-state index contributed by atoms with van der Waals surface area (Å²) < 4.78 is 0. The molecule has 118 valence electrons. The molecule has 2 rings (SSSR count). The smallest absolute Gasteiger partial charge is 0.293 e. The molecule has 1 amide bonds. The molecule has 0 unspecified atom stereocenters. The number of carbonyl (C=O) groups excluding carboxylic acids is 1. The minimum Gasteiger partial charge on any atom is -0.333 e. The highest BCUT2D eigenvalue weighted by Gasteiger charge is 2.25. The Balaban J connectivity index is 1.85. The quantitative estimate of drug-likeness (QED) is 0.843. The first-order valence-electron chi connectivity index (χ1n) is 7.56. The van der Waals surface area contributed by atoms with Gasteiger partial charge in [0.1, 0.15) is 5.82 Å². The van der Waals surface area contributed by atoms with Crippen molar-refractivity contribution in [3.8, 4) is 0 Å². The van der Waals surface area contributed by atoms with E-state index in [9.17, 15) is 4.79 Å². The average Bonchev–Trinajstić information content (AvgIpc) is 2.95. The van der Waals surface area contributed by atoms with Crippen LogP contribution < -0.4 is 0 Å². The lowest BCUT2D eigenvalue weighted by Crippen LogP contribution is -2.50. The second-order valence-corrected chi connectivity index (χ2v) is 6.14. The summed E-state index contributed by atoms with van der Waals surface area (Å²) in [6.07, 6.45) is 0. The van der Waals surface area contributed by atoms with Gasteiger partial charge in [0.15, 0.2) is 0 Å². The van der Waals surface area contributed by atoms with Gasteiger partial charge in [0, 0.05) is 45.2 Å². The van der Waals surface area contributed by atoms with Gasteiger partial charge in [-0.2, -0.15) is 0 Å². The van der Waals surface area contributed by atoms with Gasteiger partial charge < -0.3 is 9.80 Å². The second-order valence-electron chi connectivity index (χ2n) is 6.14. The van der Waals surface area contributed by atoms with E-state index < -0.39 is 0 Å². The first kappa shape index (κ1) is 15.9. The molecule has 0 atom stereocenters. The Morgan fingerprint density at radius 1 is 1.29 bits per heavy atom. The molecule has 1 N–H and O–H groups in total. The molecule has 0 bridgehead atoms. The van der Waals surface area contributed by atoms with Gasteiger partial charge in [-0.05, 0) is 14.1 Å². The molecule has 0 aromatic carbocycles. The van der Waals surface area contributed by atoms with Crippen molar-refractivity contribution in [2.24, 2.45) is 0 Å². The maximum absolute atomic E-state index is 12.4. The van der Waals surface area contributed by atoms with Crippen molar-refractivity contribution in [1.29, 1.82) is 0 Å². The van der Waals surface area contributed by atoms with Crippen molar-refractivity contribution in [2.45, 2.75) is 19.8 Å². The predicted molar refractivity (Wildman–Crippen MR) is 81.4 cm³/mol. The number of rotatable bonds is 5. The molecular weight excluding hydrogens is 268 g/mol. The van der Waals surface area contributed by atoms with Gasteiger partial charge in [-0.25, -0.2) is 4.98 Å². The molecule has 7 nitrogen and oxygen atoms in total. The number of piperazine rings is 1. The molecule has 2 heterocycles. The maximum Gasteiger partial charge on any atom is 0.293 e. The highest BCUT2D eigenvalue weighted by atomic mass is 16.2. The van der Waals surface area contributed by atoms with E-state index in [0.29, 0.717) is 5.82 Å². The van der Waals surface area contributed by atoms with Gasteiger partial charge in [0.05, 0.1) is 0 Å². The lowest BCUT2D eigenvalue weighted by Gasteiger charge is -2.34. The normalized spacial score (nSPS) is 17.0. The molecular formula is C14H26N6O. The molecule has 0 radical (unpaired) electrons. The van der Waals surface area contributed by atoms with E-state index in [1.807, 2.05) is 18.7 Å². The zero-order chi connectivity index (χ0) is 15.4. The Kier molecular flexibility index (Phi) is 5.30. The van der Waals surface area contributed by atoms with Crippen molar-refractivity contribution in [3.63, 3.8) is 0 Å². The van der Waals surface area contributed by atoms with E-state index in [1.54, 1.807) is 0 Å². The van der Waals surface area contributed by atoms with Crippen molar-refractivity contribution in [1.82, 2.24) is 29.9 Å². The molecule has 1 aromatic heterocycles. The van der Waals surface area contributed by atoms with E-state index in [1.165, 1.54) is 0 Å². The van der Waals surface area contributed by atoms with Crippen LogP contribution in [0.1, 0.15) is 36.2 Å². The van der Waals surface area contributed by atoms with Crippen LogP contribution in [0.25, 0.3) is 0 Å². The average molecular weight is 294 g/mol. The topological polar surface area (TPSA) is 68.4 Å². The third-order valence-electron chi connectivity index (χ3n) is 3.76. The summed E-state index contributed by atoms with van der Waals surface area (Å²) in [6.45, 7) is 9.48. The van der Waals surface area contributed by atoms with Crippen molar-refractivity contribution in [3.05, 3.63) is 11.6 Å². The molecule has 1 saturated heterocycles. The molecule has 0 aliphatic carbocycles. The number of likely N-dealkylation sites (N-methyl/N-ethyl adjacent to an activating group) is 1. The second kappa shape index (κ2) is 7.00. The molecule has 1 aliphatic rings. The van der Waals surface area contributed by atoms with Gasteiger partial charge in [-0.15, -0.1) is 5.10 Å². The largest absolute Gasteiger partial charge is 0.333 e. The fourth-order valence-electron chi connectivity index (χ4n) is 2.29. The van der Waals surface area contributed by atoms with Crippen LogP contribution >= 0.6 is 0 Å². The van der Waals surface area contributed by atoms with Crippen molar-refractivity contribution >= 4 is 5.91 Å². The SMILES string of the molecule is CC(C)c1nc(C(=O)N2CCN(CCN(C)C)CC2)n[nH]1. The summed E-state index contributed by atoms with van der Waals surface area (Å²) >= 11 is 0. The highest BCUT2D eigenvalue weighted by molar-refractivity contribution is 5.90. The summed E-state index contributed by atoms with van der Waals surface area (Å²) in [5.41, 5.74) is 0. The fourth-order valence-corrected chi connectivity index (χ4v) is 2.29. The number of hydrogen-bond acceptors (Lipinski definition) is 5. The van der Waals surface area contributed by atoms with Crippen LogP contribution in [-0.4, -0.2) is 89.2 Å². The van der Waals surface area contributed by atoms with Gasteiger partial charge in [0.25, 0.3) is 5.91 Å².